The van der Waals surface area contributed by atoms with Gasteiger partial charge in [0.25, 0.3) is 0 Å². The smallest absolute Gasteiger partial charge is 0.237 e. The Morgan fingerprint density at radius 3 is 2.77 bits per heavy atom. The van der Waals surface area contributed by atoms with Gasteiger partial charge in [0.15, 0.2) is 11.5 Å². The zero-order valence-corrected chi connectivity index (χ0v) is 20.6. The van der Waals surface area contributed by atoms with E-state index in [9.17, 15) is 4.79 Å². The summed E-state index contributed by atoms with van der Waals surface area (Å²) in [4.78, 5) is 25.9. The summed E-state index contributed by atoms with van der Waals surface area (Å²) < 4.78 is 22.9. The largest absolute Gasteiger partial charge is 0.493 e. The van der Waals surface area contributed by atoms with Crippen molar-refractivity contribution < 1.29 is 23.7 Å². The van der Waals surface area contributed by atoms with E-state index in [1.807, 2.05) is 41.5 Å². The van der Waals surface area contributed by atoms with Gasteiger partial charge in [-0.25, -0.2) is 4.98 Å². The lowest BCUT2D eigenvalue weighted by Gasteiger charge is -2.24. The molecule has 3 aromatic rings. The molecule has 0 saturated carbocycles. The molecule has 1 unspecified atom stereocenters. The van der Waals surface area contributed by atoms with E-state index in [0.717, 1.165) is 21.8 Å². The number of thiazole rings is 1. The lowest BCUT2D eigenvalue weighted by molar-refractivity contribution is -0.132. The molecule has 1 fully saturated rings. The van der Waals surface area contributed by atoms with Gasteiger partial charge < -0.3 is 23.8 Å². The lowest BCUT2D eigenvalue weighted by Crippen LogP contribution is -2.37. The highest BCUT2D eigenvalue weighted by Crippen LogP contribution is 2.42. The van der Waals surface area contributed by atoms with E-state index in [1.54, 1.807) is 30.8 Å². The summed E-state index contributed by atoms with van der Waals surface area (Å²) in [6, 6.07) is 7.76. The molecular formula is C25H28N4O5S. The Labute approximate surface area is 208 Å². The molecule has 0 aliphatic carbocycles. The third kappa shape index (κ3) is 5.72. The van der Waals surface area contributed by atoms with Crippen molar-refractivity contribution in [2.24, 2.45) is 0 Å². The Balaban J connectivity index is 1.34. The van der Waals surface area contributed by atoms with Crippen molar-refractivity contribution in [3.63, 3.8) is 0 Å². The van der Waals surface area contributed by atoms with Gasteiger partial charge in [0.1, 0.15) is 0 Å². The molecule has 0 radical (unpaired) electrons. The minimum Gasteiger partial charge on any atom is -0.493 e. The monoisotopic (exact) mass is 496 g/mol. The van der Waals surface area contributed by atoms with Gasteiger partial charge in [-0.3, -0.25) is 14.7 Å². The first-order chi connectivity index (χ1) is 17.1. The first-order valence-electron chi connectivity index (χ1n) is 11.5. The Hall–Kier alpha value is -3.21. The Bertz CT molecular complexity index is 1170. The molecule has 1 amide bonds. The molecule has 2 aliphatic rings. The van der Waals surface area contributed by atoms with Crippen LogP contribution in [-0.4, -0.2) is 65.3 Å². The molecule has 10 heteroatoms. The maximum atomic E-state index is 13.3. The molecule has 2 aromatic heterocycles. The number of hydrogen-bond donors (Lipinski definition) is 0. The van der Waals surface area contributed by atoms with Crippen molar-refractivity contribution >= 4 is 17.2 Å². The second-order valence-electron chi connectivity index (χ2n) is 8.62. The van der Waals surface area contributed by atoms with Gasteiger partial charge in [-0.15, -0.1) is 11.3 Å². The van der Waals surface area contributed by atoms with E-state index in [2.05, 4.69) is 14.9 Å². The van der Waals surface area contributed by atoms with Crippen molar-refractivity contribution in [2.75, 3.05) is 33.5 Å². The van der Waals surface area contributed by atoms with E-state index < -0.39 is 0 Å². The average molecular weight is 497 g/mol. The fourth-order valence-corrected chi connectivity index (χ4v) is 4.93. The van der Waals surface area contributed by atoms with Crippen LogP contribution in [0.4, 0.5) is 0 Å². The van der Waals surface area contributed by atoms with Crippen molar-refractivity contribution in [3.05, 3.63) is 63.9 Å². The number of carbonyl (C=O) groups is 1. The predicted octanol–water partition coefficient (Wildman–Crippen LogP) is 3.01. The van der Waals surface area contributed by atoms with Gasteiger partial charge in [-0.2, -0.15) is 0 Å². The SMILES string of the molecule is COc1cc(CN2CC(=O)N(Cc3csc(C)n3)CC(OCc3ccncc3)C2)cc2c1OCO2. The van der Waals surface area contributed by atoms with Gasteiger partial charge in [0.2, 0.25) is 18.4 Å². The van der Waals surface area contributed by atoms with E-state index in [4.69, 9.17) is 18.9 Å². The summed E-state index contributed by atoms with van der Waals surface area (Å²) in [7, 11) is 1.61. The van der Waals surface area contributed by atoms with Crippen LogP contribution in [0.3, 0.4) is 0 Å². The highest BCUT2D eigenvalue weighted by Gasteiger charge is 2.30. The first-order valence-corrected chi connectivity index (χ1v) is 12.3. The van der Waals surface area contributed by atoms with Crippen LogP contribution >= 0.6 is 11.3 Å². The number of pyridine rings is 1. The van der Waals surface area contributed by atoms with Crippen molar-refractivity contribution in [1.29, 1.82) is 0 Å². The predicted molar refractivity (Wildman–Crippen MR) is 129 cm³/mol. The molecule has 0 N–H and O–H groups in total. The number of hydrogen-bond acceptors (Lipinski definition) is 9. The Kier molecular flexibility index (Phi) is 7.12. The van der Waals surface area contributed by atoms with Crippen LogP contribution < -0.4 is 14.2 Å². The summed E-state index contributed by atoms with van der Waals surface area (Å²) in [6.45, 7) is 5.03. The van der Waals surface area contributed by atoms with Crippen LogP contribution in [0.25, 0.3) is 0 Å². The molecule has 5 rings (SSSR count). The number of carbonyl (C=O) groups excluding carboxylic acids is 1. The zero-order valence-electron chi connectivity index (χ0n) is 19.8. The van der Waals surface area contributed by atoms with Crippen LogP contribution in [0.1, 0.15) is 21.8 Å². The molecule has 4 heterocycles. The minimum atomic E-state index is -0.162. The molecule has 1 atom stereocenters. The number of fused-ring (bicyclic) bond motifs is 1. The first kappa shape index (κ1) is 23.5. The number of aromatic nitrogens is 2. The van der Waals surface area contributed by atoms with Gasteiger partial charge in [-0.05, 0) is 42.3 Å². The Morgan fingerprint density at radius 2 is 2.00 bits per heavy atom. The molecule has 0 bridgehead atoms. The molecule has 1 aromatic carbocycles. The number of aryl methyl sites for hydroxylation is 1. The fraction of sp³-hybridized carbons (Fsp3) is 0.400. The average Bonchev–Trinajstić information content (AvgIpc) is 3.47. The number of methoxy groups -OCH3 is 1. The summed E-state index contributed by atoms with van der Waals surface area (Å²) in [6.07, 6.45) is 3.35. The molecule has 184 valence electrons. The standard InChI is InChI=1S/C25H28N4O5S/c1-17-27-20(15-35-17)10-29-12-21(32-14-18-3-5-26-6-4-18)11-28(13-24(29)30)9-19-7-22(31-2)25-23(8-19)33-16-34-25/h3-8,15,21H,9-14,16H2,1-2H3. The summed E-state index contributed by atoms with van der Waals surface area (Å²) >= 11 is 1.59. The molecule has 0 spiro atoms. The van der Waals surface area contributed by atoms with E-state index in [-0.39, 0.29) is 25.3 Å². The molecule has 2 aliphatic heterocycles. The third-order valence-electron chi connectivity index (χ3n) is 5.98. The normalized spacial score (nSPS) is 18.1. The summed E-state index contributed by atoms with van der Waals surface area (Å²) in [5.41, 5.74) is 2.93. The zero-order chi connectivity index (χ0) is 24.2. The van der Waals surface area contributed by atoms with Crippen LogP contribution in [0.15, 0.2) is 42.0 Å². The highest BCUT2D eigenvalue weighted by atomic mass is 32.1. The van der Waals surface area contributed by atoms with Crippen LogP contribution in [0.5, 0.6) is 17.2 Å². The van der Waals surface area contributed by atoms with Gasteiger partial charge in [0.05, 0.1) is 43.6 Å². The number of ether oxygens (including phenoxy) is 4. The molecule has 9 nitrogen and oxygen atoms in total. The number of rotatable bonds is 8. The lowest BCUT2D eigenvalue weighted by atomic mass is 10.1. The van der Waals surface area contributed by atoms with Gasteiger partial charge in [0, 0.05) is 37.4 Å². The fourth-order valence-electron chi connectivity index (χ4n) is 4.33. The van der Waals surface area contributed by atoms with E-state index >= 15 is 0 Å². The van der Waals surface area contributed by atoms with E-state index in [1.165, 1.54) is 0 Å². The van der Waals surface area contributed by atoms with Crippen LogP contribution in [0, 0.1) is 6.92 Å². The molecule has 35 heavy (non-hydrogen) atoms. The Morgan fingerprint density at radius 1 is 1.14 bits per heavy atom. The second kappa shape index (κ2) is 10.6. The number of nitrogens with zero attached hydrogens (tertiary/aromatic N) is 4. The van der Waals surface area contributed by atoms with Crippen molar-refractivity contribution in [2.45, 2.75) is 32.7 Å². The minimum absolute atomic E-state index is 0.0540. The summed E-state index contributed by atoms with van der Waals surface area (Å²) in [5, 5.41) is 3.00. The van der Waals surface area contributed by atoms with Crippen molar-refractivity contribution in [1.82, 2.24) is 19.8 Å². The maximum Gasteiger partial charge on any atom is 0.237 e. The second-order valence-corrected chi connectivity index (χ2v) is 9.68. The van der Waals surface area contributed by atoms with E-state index in [0.29, 0.717) is 50.0 Å². The van der Waals surface area contributed by atoms with Crippen LogP contribution in [-0.2, 0) is 29.2 Å². The molecular weight excluding hydrogens is 468 g/mol. The van der Waals surface area contributed by atoms with Gasteiger partial charge in [-0.1, -0.05) is 0 Å². The third-order valence-corrected chi connectivity index (χ3v) is 6.80. The number of benzene rings is 1. The molecule has 1 saturated heterocycles. The number of amides is 1. The topological polar surface area (TPSA) is 86.3 Å². The van der Waals surface area contributed by atoms with Gasteiger partial charge >= 0.3 is 0 Å². The highest BCUT2D eigenvalue weighted by molar-refractivity contribution is 7.09. The summed E-state index contributed by atoms with van der Waals surface area (Å²) in [5.74, 6) is 1.96. The quantitative estimate of drug-likeness (QED) is 0.471. The van der Waals surface area contributed by atoms with Crippen molar-refractivity contribution in [3.8, 4) is 17.2 Å². The van der Waals surface area contributed by atoms with Crippen LogP contribution in [0.2, 0.25) is 0 Å². The maximum absolute atomic E-state index is 13.3.